The molecule has 2 aromatic rings. The van der Waals surface area contributed by atoms with E-state index >= 15 is 0 Å². The van der Waals surface area contributed by atoms with E-state index in [1.807, 2.05) is 25.2 Å². The molecular weight excluding hydrogens is 292 g/mol. The van der Waals surface area contributed by atoms with Gasteiger partial charge in [-0.3, -0.25) is 4.79 Å². The number of para-hydroxylation sites is 1. The van der Waals surface area contributed by atoms with Gasteiger partial charge in [0.25, 0.3) is 0 Å². The third-order valence-corrected chi connectivity index (χ3v) is 4.31. The first-order chi connectivity index (χ1) is 11.2. The lowest BCUT2D eigenvalue weighted by Crippen LogP contribution is -2.30. The number of nitrogens with one attached hydrogen (secondary N) is 2. The van der Waals surface area contributed by atoms with Crippen molar-refractivity contribution in [3.05, 3.63) is 41.5 Å². The largest absolute Gasteiger partial charge is 0.339 e. The number of fused-ring (bicyclic) bond motifs is 1. The standard InChI is InChI=1S/C17H22N4O2/c1-11(18-2)9-15-20-16(23-21-15)8-7-13-10-12-5-3-4-6-14(12)19-17(13)22/h3-6,11,13,18H,7-10H2,1-2H3,(H,19,22). The number of aryl methyl sites for hydroxylation is 1. The normalized spacial score (nSPS) is 18.3. The monoisotopic (exact) mass is 314 g/mol. The number of hydrogen-bond acceptors (Lipinski definition) is 5. The molecule has 1 aromatic carbocycles. The highest BCUT2D eigenvalue weighted by Gasteiger charge is 2.26. The van der Waals surface area contributed by atoms with Crippen LogP contribution in [0.1, 0.15) is 30.6 Å². The van der Waals surface area contributed by atoms with Crippen LogP contribution < -0.4 is 10.6 Å². The zero-order chi connectivity index (χ0) is 16.2. The summed E-state index contributed by atoms with van der Waals surface area (Å²) in [5.74, 6) is 1.35. The van der Waals surface area contributed by atoms with Gasteiger partial charge in [0.15, 0.2) is 5.82 Å². The van der Waals surface area contributed by atoms with E-state index in [1.54, 1.807) is 0 Å². The topological polar surface area (TPSA) is 80.0 Å². The van der Waals surface area contributed by atoms with E-state index in [-0.39, 0.29) is 11.8 Å². The first kappa shape index (κ1) is 15.7. The summed E-state index contributed by atoms with van der Waals surface area (Å²) in [6.07, 6.45) is 2.83. The fourth-order valence-electron chi connectivity index (χ4n) is 2.79. The summed E-state index contributed by atoms with van der Waals surface area (Å²) < 4.78 is 5.29. The highest BCUT2D eigenvalue weighted by molar-refractivity contribution is 5.95. The van der Waals surface area contributed by atoms with Gasteiger partial charge in [-0.05, 0) is 38.4 Å². The van der Waals surface area contributed by atoms with E-state index in [2.05, 4.69) is 33.8 Å². The number of aromatic nitrogens is 2. The number of hydrogen-bond donors (Lipinski definition) is 2. The van der Waals surface area contributed by atoms with Crippen molar-refractivity contribution in [1.82, 2.24) is 15.5 Å². The molecule has 1 aromatic heterocycles. The van der Waals surface area contributed by atoms with Gasteiger partial charge in [0, 0.05) is 30.5 Å². The smallest absolute Gasteiger partial charge is 0.227 e. The SMILES string of the molecule is CNC(C)Cc1noc(CCC2Cc3ccccc3NC2=O)n1. The predicted molar refractivity (Wildman–Crippen MR) is 87.1 cm³/mol. The molecule has 0 aliphatic carbocycles. The van der Waals surface area contributed by atoms with Gasteiger partial charge in [-0.25, -0.2) is 0 Å². The summed E-state index contributed by atoms with van der Waals surface area (Å²) in [7, 11) is 1.91. The van der Waals surface area contributed by atoms with Gasteiger partial charge in [-0.15, -0.1) is 0 Å². The van der Waals surface area contributed by atoms with Crippen molar-refractivity contribution in [2.75, 3.05) is 12.4 Å². The van der Waals surface area contributed by atoms with Crippen molar-refractivity contribution in [2.24, 2.45) is 5.92 Å². The first-order valence-electron chi connectivity index (χ1n) is 8.03. The number of benzene rings is 1. The molecule has 0 radical (unpaired) electrons. The average Bonchev–Trinajstić information content (AvgIpc) is 3.00. The van der Waals surface area contributed by atoms with Crippen LogP contribution in [0.4, 0.5) is 5.69 Å². The van der Waals surface area contributed by atoms with Crippen LogP contribution in [0.25, 0.3) is 0 Å². The van der Waals surface area contributed by atoms with Crippen LogP contribution in [0.15, 0.2) is 28.8 Å². The number of likely N-dealkylation sites (N-methyl/N-ethyl adjacent to an activating group) is 1. The van der Waals surface area contributed by atoms with Crippen molar-refractivity contribution < 1.29 is 9.32 Å². The van der Waals surface area contributed by atoms with Crippen molar-refractivity contribution in [3.63, 3.8) is 0 Å². The molecule has 0 bridgehead atoms. The van der Waals surface area contributed by atoms with Gasteiger partial charge in [0.2, 0.25) is 11.8 Å². The molecule has 2 N–H and O–H groups in total. The maximum absolute atomic E-state index is 12.2. The molecule has 6 heteroatoms. The van der Waals surface area contributed by atoms with Gasteiger partial charge in [0.05, 0.1) is 0 Å². The molecule has 3 rings (SSSR count). The summed E-state index contributed by atoms with van der Waals surface area (Å²) in [6, 6.07) is 8.25. The summed E-state index contributed by atoms with van der Waals surface area (Å²) in [5.41, 5.74) is 2.11. The molecule has 1 amide bonds. The molecule has 0 saturated carbocycles. The van der Waals surface area contributed by atoms with Crippen molar-refractivity contribution >= 4 is 11.6 Å². The van der Waals surface area contributed by atoms with Gasteiger partial charge in [-0.1, -0.05) is 23.4 Å². The summed E-state index contributed by atoms with van der Waals surface area (Å²) >= 11 is 0. The van der Waals surface area contributed by atoms with Crippen molar-refractivity contribution in [2.45, 2.75) is 38.6 Å². The Morgan fingerprint density at radius 3 is 3.09 bits per heavy atom. The van der Waals surface area contributed by atoms with Crippen LogP contribution in [-0.2, 0) is 24.1 Å². The third-order valence-electron chi connectivity index (χ3n) is 4.31. The average molecular weight is 314 g/mol. The van der Waals surface area contributed by atoms with Gasteiger partial charge in [0.1, 0.15) is 0 Å². The second-order valence-corrected chi connectivity index (χ2v) is 6.08. The van der Waals surface area contributed by atoms with E-state index in [9.17, 15) is 4.79 Å². The third kappa shape index (κ3) is 3.76. The lowest BCUT2D eigenvalue weighted by Gasteiger charge is -2.24. The highest BCUT2D eigenvalue weighted by Crippen LogP contribution is 2.27. The number of carbonyl (C=O) groups excluding carboxylic acids is 1. The molecule has 2 heterocycles. The lowest BCUT2D eigenvalue weighted by atomic mass is 9.90. The van der Waals surface area contributed by atoms with Gasteiger partial charge < -0.3 is 15.2 Å². The number of anilines is 1. The highest BCUT2D eigenvalue weighted by atomic mass is 16.5. The van der Waals surface area contributed by atoms with Crippen LogP contribution in [0.5, 0.6) is 0 Å². The zero-order valence-corrected chi connectivity index (χ0v) is 13.5. The minimum absolute atomic E-state index is 0.0449. The molecule has 0 saturated heterocycles. The minimum atomic E-state index is -0.0449. The molecule has 0 fully saturated rings. The molecule has 6 nitrogen and oxygen atoms in total. The minimum Gasteiger partial charge on any atom is -0.339 e. The Morgan fingerprint density at radius 2 is 2.26 bits per heavy atom. The fraction of sp³-hybridized carbons (Fsp3) is 0.471. The molecule has 23 heavy (non-hydrogen) atoms. The maximum Gasteiger partial charge on any atom is 0.227 e. The maximum atomic E-state index is 12.2. The number of nitrogens with zero attached hydrogens (tertiary/aromatic N) is 2. The molecular formula is C17H22N4O2. The Balaban J connectivity index is 1.57. The second kappa shape index (κ2) is 6.91. The molecule has 2 unspecified atom stereocenters. The summed E-state index contributed by atoms with van der Waals surface area (Å²) in [4.78, 5) is 16.6. The molecule has 0 spiro atoms. The van der Waals surface area contributed by atoms with Crippen LogP contribution >= 0.6 is 0 Å². The van der Waals surface area contributed by atoms with Crippen LogP contribution in [0, 0.1) is 5.92 Å². The van der Waals surface area contributed by atoms with E-state index in [0.717, 1.165) is 18.5 Å². The predicted octanol–water partition coefficient (Wildman–Crippen LogP) is 1.96. The van der Waals surface area contributed by atoms with Crippen LogP contribution in [0.3, 0.4) is 0 Å². The van der Waals surface area contributed by atoms with Crippen LogP contribution in [-0.4, -0.2) is 29.1 Å². The first-order valence-corrected chi connectivity index (χ1v) is 8.03. The van der Waals surface area contributed by atoms with Crippen molar-refractivity contribution in [3.8, 4) is 0 Å². The van der Waals surface area contributed by atoms with Gasteiger partial charge >= 0.3 is 0 Å². The Hall–Kier alpha value is -2.21. The zero-order valence-electron chi connectivity index (χ0n) is 13.5. The van der Waals surface area contributed by atoms with E-state index < -0.39 is 0 Å². The summed E-state index contributed by atoms with van der Waals surface area (Å²) in [5, 5.41) is 10.1. The Kier molecular flexibility index (Phi) is 4.71. The van der Waals surface area contributed by atoms with E-state index in [0.29, 0.717) is 30.6 Å². The van der Waals surface area contributed by atoms with Gasteiger partial charge in [-0.2, -0.15) is 4.98 Å². The Labute approximate surface area is 135 Å². The number of rotatable bonds is 6. The fourth-order valence-corrected chi connectivity index (χ4v) is 2.79. The number of amides is 1. The van der Waals surface area contributed by atoms with E-state index in [1.165, 1.54) is 5.56 Å². The molecule has 1 aliphatic rings. The summed E-state index contributed by atoms with van der Waals surface area (Å²) in [6.45, 7) is 2.07. The molecule has 1 aliphatic heterocycles. The van der Waals surface area contributed by atoms with E-state index in [4.69, 9.17) is 4.52 Å². The van der Waals surface area contributed by atoms with Crippen LogP contribution in [0.2, 0.25) is 0 Å². The van der Waals surface area contributed by atoms with Crippen molar-refractivity contribution in [1.29, 1.82) is 0 Å². The Morgan fingerprint density at radius 1 is 1.43 bits per heavy atom. The number of carbonyl (C=O) groups is 1. The quantitative estimate of drug-likeness (QED) is 0.852. The lowest BCUT2D eigenvalue weighted by molar-refractivity contribution is -0.120. The molecule has 122 valence electrons. The Bertz CT molecular complexity index is 683. The molecule has 2 atom stereocenters. The second-order valence-electron chi connectivity index (χ2n) is 6.08.